The number of hydrogen-bond acceptors (Lipinski definition) is 5. The molecule has 192 valence electrons. The SMILES string of the molecule is CCCCN1C(=O)C(CC(C)C)NC(=O)C12CCN(Cc1sc(-c3ccccc3)nc1C)CC2.Cl. The molecule has 1 spiro atoms. The van der Waals surface area contributed by atoms with Gasteiger partial charge < -0.3 is 10.2 Å². The van der Waals surface area contributed by atoms with E-state index in [9.17, 15) is 9.59 Å². The predicted octanol–water partition coefficient (Wildman–Crippen LogP) is 5.05. The molecule has 2 aliphatic heterocycles. The van der Waals surface area contributed by atoms with Crippen LogP contribution in [0.2, 0.25) is 0 Å². The van der Waals surface area contributed by atoms with Gasteiger partial charge in [-0.05, 0) is 38.5 Å². The van der Waals surface area contributed by atoms with E-state index in [1.54, 1.807) is 11.3 Å². The minimum atomic E-state index is -0.700. The largest absolute Gasteiger partial charge is 0.342 e. The smallest absolute Gasteiger partial charge is 0.246 e. The van der Waals surface area contributed by atoms with Gasteiger partial charge in [0.25, 0.3) is 0 Å². The summed E-state index contributed by atoms with van der Waals surface area (Å²) < 4.78 is 0. The van der Waals surface area contributed by atoms with Crippen LogP contribution in [0.3, 0.4) is 0 Å². The van der Waals surface area contributed by atoms with E-state index in [2.05, 4.69) is 50.0 Å². The summed E-state index contributed by atoms with van der Waals surface area (Å²) in [7, 11) is 0. The molecule has 4 rings (SSSR count). The van der Waals surface area contributed by atoms with Crippen molar-refractivity contribution in [2.75, 3.05) is 19.6 Å². The number of rotatable bonds is 8. The molecule has 1 unspecified atom stereocenters. The Morgan fingerprint density at radius 2 is 1.86 bits per heavy atom. The molecule has 0 radical (unpaired) electrons. The number of carbonyl (C=O) groups is 2. The van der Waals surface area contributed by atoms with Crippen LogP contribution in [0, 0.1) is 12.8 Å². The standard InChI is InChI=1S/C27H38N4O2S.ClH/c1-5-6-14-31-25(32)22(17-19(2)3)29-26(33)27(31)12-15-30(16-13-27)18-23-20(4)28-24(34-23)21-10-8-7-9-11-21;/h7-11,19,22H,5-6,12-18H2,1-4H3,(H,29,33);1H. The topological polar surface area (TPSA) is 65.5 Å². The number of likely N-dealkylation sites (tertiary alicyclic amines) is 1. The molecule has 0 saturated carbocycles. The quantitative estimate of drug-likeness (QED) is 0.531. The fourth-order valence-corrected chi connectivity index (χ4v) is 6.32. The van der Waals surface area contributed by atoms with Gasteiger partial charge in [-0.15, -0.1) is 23.7 Å². The number of carbonyl (C=O) groups excluding carboxylic acids is 2. The minimum Gasteiger partial charge on any atom is -0.342 e. The number of amides is 2. The van der Waals surface area contributed by atoms with Crippen molar-refractivity contribution in [3.8, 4) is 10.6 Å². The molecule has 2 amide bonds. The second-order valence-electron chi connectivity index (χ2n) is 10.2. The molecular weight excluding hydrogens is 480 g/mol. The summed E-state index contributed by atoms with van der Waals surface area (Å²) >= 11 is 1.76. The number of aryl methyl sites for hydroxylation is 1. The number of halogens is 1. The summed E-state index contributed by atoms with van der Waals surface area (Å²) in [6, 6.07) is 9.93. The number of aromatic nitrogens is 1. The minimum absolute atomic E-state index is 0. The first kappa shape index (κ1) is 27.6. The first-order valence-corrected chi connectivity index (χ1v) is 13.5. The van der Waals surface area contributed by atoms with Crippen molar-refractivity contribution < 1.29 is 9.59 Å². The van der Waals surface area contributed by atoms with E-state index >= 15 is 0 Å². The lowest BCUT2D eigenvalue weighted by atomic mass is 9.80. The van der Waals surface area contributed by atoms with Gasteiger partial charge in [-0.2, -0.15) is 0 Å². The summed E-state index contributed by atoms with van der Waals surface area (Å²) in [4.78, 5) is 37.3. The molecule has 1 aromatic carbocycles. The monoisotopic (exact) mass is 518 g/mol. The average Bonchev–Trinajstić information content (AvgIpc) is 3.19. The first-order valence-electron chi connectivity index (χ1n) is 12.7. The van der Waals surface area contributed by atoms with Crippen LogP contribution < -0.4 is 5.32 Å². The Kier molecular flexibility index (Phi) is 9.35. The molecule has 0 aliphatic carbocycles. The number of nitrogens with one attached hydrogen (secondary N) is 1. The fourth-order valence-electron chi connectivity index (χ4n) is 5.21. The maximum Gasteiger partial charge on any atom is 0.246 e. The second kappa shape index (κ2) is 11.8. The summed E-state index contributed by atoms with van der Waals surface area (Å²) in [6.07, 6.45) is 4.01. The third kappa shape index (κ3) is 5.89. The predicted molar refractivity (Wildman–Crippen MR) is 145 cm³/mol. The normalized spacial score (nSPS) is 20.3. The third-order valence-corrected chi connectivity index (χ3v) is 8.41. The van der Waals surface area contributed by atoms with Gasteiger partial charge in [0.05, 0.1) is 5.69 Å². The van der Waals surface area contributed by atoms with Crippen LogP contribution in [-0.2, 0) is 16.1 Å². The highest BCUT2D eigenvalue weighted by Crippen LogP contribution is 2.36. The van der Waals surface area contributed by atoms with Gasteiger partial charge in [-0.25, -0.2) is 4.98 Å². The molecule has 2 aliphatic rings. The molecule has 35 heavy (non-hydrogen) atoms. The Bertz CT molecular complexity index is 1000. The first-order chi connectivity index (χ1) is 16.3. The molecule has 2 aromatic rings. The number of piperidine rings is 1. The zero-order valence-electron chi connectivity index (χ0n) is 21.4. The maximum absolute atomic E-state index is 13.4. The molecule has 1 atom stereocenters. The van der Waals surface area contributed by atoms with Crippen LogP contribution in [0.25, 0.3) is 10.6 Å². The van der Waals surface area contributed by atoms with Crippen molar-refractivity contribution in [2.24, 2.45) is 5.92 Å². The van der Waals surface area contributed by atoms with Crippen molar-refractivity contribution in [3.63, 3.8) is 0 Å². The van der Waals surface area contributed by atoms with Gasteiger partial charge in [-0.1, -0.05) is 57.5 Å². The van der Waals surface area contributed by atoms with Gasteiger partial charge in [0.2, 0.25) is 11.8 Å². The third-order valence-electron chi connectivity index (χ3n) is 7.22. The van der Waals surface area contributed by atoms with Crippen molar-refractivity contribution in [1.29, 1.82) is 0 Å². The van der Waals surface area contributed by atoms with E-state index in [0.29, 0.717) is 31.7 Å². The van der Waals surface area contributed by atoms with Crippen molar-refractivity contribution in [3.05, 3.63) is 40.9 Å². The Labute approximate surface area is 219 Å². The second-order valence-corrected chi connectivity index (χ2v) is 11.3. The van der Waals surface area contributed by atoms with Crippen LogP contribution in [0.15, 0.2) is 30.3 Å². The molecule has 0 bridgehead atoms. The lowest BCUT2D eigenvalue weighted by Gasteiger charge is -2.52. The fraction of sp³-hybridized carbons (Fsp3) is 0.593. The van der Waals surface area contributed by atoms with E-state index in [1.807, 2.05) is 23.1 Å². The number of hydrogen-bond donors (Lipinski definition) is 1. The molecule has 6 nitrogen and oxygen atoms in total. The highest BCUT2D eigenvalue weighted by molar-refractivity contribution is 7.15. The van der Waals surface area contributed by atoms with Crippen LogP contribution in [0.4, 0.5) is 0 Å². The van der Waals surface area contributed by atoms with Gasteiger partial charge in [0, 0.05) is 36.6 Å². The molecule has 8 heteroatoms. The molecule has 3 heterocycles. The number of unbranched alkanes of at least 4 members (excludes halogenated alkanes) is 1. The Morgan fingerprint density at radius 1 is 1.17 bits per heavy atom. The Hall–Kier alpha value is -1.96. The van der Waals surface area contributed by atoms with E-state index in [4.69, 9.17) is 4.98 Å². The molecular formula is C27H39ClN4O2S. The molecule has 1 N–H and O–H groups in total. The lowest BCUT2D eigenvalue weighted by molar-refractivity contribution is -0.161. The number of thiazole rings is 1. The van der Waals surface area contributed by atoms with Crippen molar-refractivity contribution in [1.82, 2.24) is 20.1 Å². The molecule has 2 fully saturated rings. The van der Waals surface area contributed by atoms with Crippen LogP contribution in [-0.4, -0.2) is 57.8 Å². The van der Waals surface area contributed by atoms with E-state index in [-0.39, 0.29) is 30.3 Å². The van der Waals surface area contributed by atoms with Crippen LogP contribution in [0.5, 0.6) is 0 Å². The Balaban J connectivity index is 0.00000342. The van der Waals surface area contributed by atoms with Gasteiger partial charge in [0.15, 0.2) is 0 Å². The zero-order chi connectivity index (χ0) is 24.3. The highest BCUT2D eigenvalue weighted by Gasteiger charge is 2.53. The van der Waals surface area contributed by atoms with Crippen molar-refractivity contribution >= 4 is 35.6 Å². The number of nitrogens with zero attached hydrogens (tertiary/aromatic N) is 3. The van der Waals surface area contributed by atoms with Crippen LogP contribution in [0.1, 0.15) is 63.4 Å². The molecule has 1 aromatic heterocycles. The zero-order valence-corrected chi connectivity index (χ0v) is 23.0. The van der Waals surface area contributed by atoms with E-state index in [0.717, 1.165) is 48.7 Å². The van der Waals surface area contributed by atoms with Gasteiger partial charge >= 0.3 is 0 Å². The van der Waals surface area contributed by atoms with Crippen LogP contribution >= 0.6 is 23.7 Å². The van der Waals surface area contributed by atoms with Gasteiger partial charge in [-0.3, -0.25) is 14.5 Å². The maximum atomic E-state index is 13.4. The number of piperazine rings is 1. The number of benzene rings is 1. The van der Waals surface area contributed by atoms with Gasteiger partial charge in [0.1, 0.15) is 16.6 Å². The highest BCUT2D eigenvalue weighted by atomic mass is 35.5. The lowest BCUT2D eigenvalue weighted by Crippen LogP contribution is -2.73. The Morgan fingerprint density at radius 3 is 2.49 bits per heavy atom. The molecule has 2 saturated heterocycles. The summed E-state index contributed by atoms with van der Waals surface area (Å²) in [5, 5.41) is 4.16. The summed E-state index contributed by atoms with van der Waals surface area (Å²) in [5.41, 5.74) is 1.53. The van der Waals surface area contributed by atoms with Crippen molar-refractivity contribution in [2.45, 2.75) is 77.9 Å². The van der Waals surface area contributed by atoms with E-state index in [1.165, 1.54) is 4.88 Å². The van der Waals surface area contributed by atoms with E-state index < -0.39 is 5.54 Å². The summed E-state index contributed by atoms with van der Waals surface area (Å²) in [5.74, 6) is 0.524. The average molecular weight is 519 g/mol. The summed E-state index contributed by atoms with van der Waals surface area (Å²) in [6.45, 7) is 11.5.